The predicted molar refractivity (Wildman–Crippen MR) is 172 cm³/mol. The number of rotatable bonds is 10. The second-order valence-corrected chi connectivity index (χ2v) is 12.3. The summed E-state index contributed by atoms with van der Waals surface area (Å²) in [5.74, 6) is -2.30. The summed E-state index contributed by atoms with van der Waals surface area (Å²) < 4.78 is 48.0. The Morgan fingerprint density at radius 2 is 1.88 bits per heavy atom. The molecule has 2 atom stereocenters. The number of aliphatic hydroxyl groups is 1. The normalized spacial score (nSPS) is 17.1. The van der Waals surface area contributed by atoms with Gasteiger partial charge >= 0.3 is 11.9 Å². The van der Waals surface area contributed by atoms with E-state index in [1.165, 1.54) is 48.5 Å². The zero-order chi connectivity index (χ0) is 36.4. The van der Waals surface area contributed by atoms with Crippen LogP contribution in [0.2, 0.25) is 5.02 Å². The standard InChI is InChI=1S/C31H32ClF3N10O6/c1-51-17-20-4-3-12-42(20)28(48)21-5-2-10-37-26(21)45-27(29(49)41-13-11-36-24(47)16-41)38-23(39-45)15-44-30(50)43(14-22(46)31(33,34)35)25(40-44)18-6-8-19(32)9-7-18/h2,5-10,20,22,46H,3-4,11-17H2,1H3,(H,36,47). The SMILES string of the molecule is COCC1CCCN1C(=O)c1cccnc1-n1nc(Cn2nc(-c3ccc(Cl)cc3)n(CC(O)C(F)(F)F)c2=O)nc1C(=O)N1CCNC(=O)C1. The summed E-state index contributed by atoms with van der Waals surface area (Å²) >= 11 is 5.98. The number of nitrogens with zero attached hydrogens (tertiary/aromatic N) is 9. The maximum Gasteiger partial charge on any atom is 0.416 e. The number of aliphatic hydroxyl groups excluding tert-OH is 1. The van der Waals surface area contributed by atoms with Gasteiger partial charge in [0.05, 0.1) is 24.8 Å². The first-order chi connectivity index (χ1) is 24.3. The number of hydrogen-bond donors (Lipinski definition) is 2. The minimum absolute atomic E-state index is 0.0536. The summed E-state index contributed by atoms with van der Waals surface area (Å²) in [6.07, 6.45) is -5.05. The van der Waals surface area contributed by atoms with Crippen LogP contribution >= 0.6 is 11.6 Å². The van der Waals surface area contributed by atoms with Crippen molar-refractivity contribution in [1.29, 1.82) is 0 Å². The highest BCUT2D eigenvalue weighted by Crippen LogP contribution is 2.26. The minimum atomic E-state index is -5.03. The third kappa shape index (κ3) is 7.49. The number of likely N-dealkylation sites (tertiary alicyclic amines) is 1. The van der Waals surface area contributed by atoms with E-state index in [0.29, 0.717) is 22.7 Å². The van der Waals surface area contributed by atoms with E-state index in [2.05, 4.69) is 25.5 Å². The lowest BCUT2D eigenvalue weighted by molar-refractivity contribution is -0.207. The van der Waals surface area contributed by atoms with E-state index in [-0.39, 0.29) is 60.1 Å². The molecular weight excluding hydrogens is 701 g/mol. The fourth-order valence-corrected chi connectivity index (χ4v) is 6.07. The fourth-order valence-electron chi connectivity index (χ4n) is 5.95. The lowest BCUT2D eigenvalue weighted by Crippen LogP contribution is -2.50. The number of methoxy groups -OCH3 is 1. The van der Waals surface area contributed by atoms with Crippen LogP contribution in [0, 0.1) is 0 Å². The predicted octanol–water partition coefficient (Wildman–Crippen LogP) is 1.14. The Kier molecular flexibility index (Phi) is 10.2. The Hall–Kier alpha value is -5.14. The molecule has 3 aromatic heterocycles. The third-order valence-electron chi connectivity index (χ3n) is 8.43. The van der Waals surface area contributed by atoms with Crippen LogP contribution in [0.25, 0.3) is 17.2 Å². The first-order valence-corrected chi connectivity index (χ1v) is 16.2. The van der Waals surface area contributed by atoms with Gasteiger partial charge in [0.1, 0.15) is 13.1 Å². The van der Waals surface area contributed by atoms with Crippen molar-refractivity contribution in [3.8, 4) is 17.2 Å². The molecule has 2 fully saturated rings. The van der Waals surface area contributed by atoms with Crippen LogP contribution in [0.5, 0.6) is 0 Å². The molecule has 0 spiro atoms. The number of pyridine rings is 1. The number of nitrogens with one attached hydrogen (secondary N) is 1. The van der Waals surface area contributed by atoms with Crippen LogP contribution in [0.15, 0.2) is 47.4 Å². The second-order valence-electron chi connectivity index (χ2n) is 11.9. The van der Waals surface area contributed by atoms with Gasteiger partial charge in [-0.15, -0.1) is 10.2 Å². The quantitative estimate of drug-likeness (QED) is 0.240. The lowest BCUT2D eigenvalue weighted by atomic mass is 10.2. The van der Waals surface area contributed by atoms with Gasteiger partial charge in [-0.3, -0.25) is 19.0 Å². The molecule has 2 N–H and O–H groups in total. The largest absolute Gasteiger partial charge is 0.416 e. The molecule has 3 amide bonds. The number of benzene rings is 1. The molecular formula is C31H32ClF3N10O6. The Morgan fingerprint density at radius 3 is 2.59 bits per heavy atom. The van der Waals surface area contributed by atoms with Crippen molar-refractivity contribution in [2.24, 2.45) is 0 Å². The van der Waals surface area contributed by atoms with Gasteiger partial charge in [0, 0.05) is 43.5 Å². The summed E-state index contributed by atoms with van der Waals surface area (Å²) in [6.45, 7) is -0.888. The molecule has 2 unspecified atom stereocenters. The maximum atomic E-state index is 13.9. The Morgan fingerprint density at radius 1 is 1.12 bits per heavy atom. The van der Waals surface area contributed by atoms with E-state index in [9.17, 15) is 37.5 Å². The van der Waals surface area contributed by atoms with Gasteiger partial charge in [-0.2, -0.15) is 17.9 Å². The van der Waals surface area contributed by atoms with Crippen LogP contribution in [0.1, 0.15) is 39.6 Å². The molecule has 5 heterocycles. The number of ether oxygens (including phenoxy) is 1. The van der Waals surface area contributed by atoms with Crippen molar-refractivity contribution in [2.45, 2.75) is 44.3 Å². The molecule has 16 nitrogen and oxygen atoms in total. The van der Waals surface area contributed by atoms with Gasteiger partial charge in [0.2, 0.25) is 11.7 Å². The molecule has 0 bridgehead atoms. The van der Waals surface area contributed by atoms with Crippen molar-refractivity contribution in [1.82, 2.24) is 49.2 Å². The van der Waals surface area contributed by atoms with Crippen LogP contribution in [0.3, 0.4) is 0 Å². The van der Waals surface area contributed by atoms with Gasteiger partial charge in [-0.1, -0.05) is 11.6 Å². The molecule has 0 saturated carbocycles. The van der Waals surface area contributed by atoms with E-state index < -0.39 is 48.8 Å². The molecule has 270 valence electrons. The van der Waals surface area contributed by atoms with E-state index in [1.807, 2.05) is 0 Å². The molecule has 51 heavy (non-hydrogen) atoms. The average molecular weight is 733 g/mol. The molecule has 0 aliphatic carbocycles. The maximum absolute atomic E-state index is 13.9. The summed E-state index contributed by atoms with van der Waals surface area (Å²) in [5.41, 5.74) is -0.713. The van der Waals surface area contributed by atoms with E-state index in [4.69, 9.17) is 16.3 Å². The van der Waals surface area contributed by atoms with Crippen molar-refractivity contribution in [2.75, 3.05) is 39.9 Å². The average Bonchev–Trinajstić information content (AvgIpc) is 3.82. The van der Waals surface area contributed by atoms with Crippen LogP contribution in [-0.4, -0.2) is 125 Å². The Balaban J connectivity index is 1.43. The van der Waals surface area contributed by atoms with E-state index in [1.54, 1.807) is 11.0 Å². The Labute approximate surface area is 292 Å². The highest BCUT2D eigenvalue weighted by atomic mass is 35.5. The van der Waals surface area contributed by atoms with Crippen LogP contribution in [0.4, 0.5) is 13.2 Å². The monoisotopic (exact) mass is 732 g/mol. The number of piperazine rings is 1. The van der Waals surface area contributed by atoms with Crippen LogP contribution < -0.4 is 11.0 Å². The summed E-state index contributed by atoms with van der Waals surface area (Å²) in [5, 5.41) is 21.5. The first-order valence-electron chi connectivity index (χ1n) is 15.8. The van der Waals surface area contributed by atoms with Crippen molar-refractivity contribution in [3.05, 3.63) is 75.3 Å². The number of alkyl halides is 3. The van der Waals surface area contributed by atoms with Gasteiger partial charge in [-0.05, 0) is 49.2 Å². The van der Waals surface area contributed by atoms with Gasteiger partial charge in [0.15, 0.2) is 23.6 Å². The van der Waals surface area contributed by atoms with Crippen LogP contribution in [-0.2, 0) is 22.6 Å². The van der Waals surface area contributed by atoms with Crippen molar-refractivity contribution >= 4 is 29.3 Å². The Bertz CT molecular complexity index is 2000. The molecule has 2 aliphatic rings. The third-order valence-corrected chi connectivity index (χ3v) is 8.68. The summed E-state index contributed by atoms with van der Waals surface area (Å²) in [6, 6.07) is 8.68. The fraction of sp³-hybridized carbons (Fsp3) is 0.419. The van der Waals surface area contributed by atoms with E-state index >= 15 is 0 Å². The highest BCUT2D eigenvalue weighted by Gasteiger charge is 2.40. The molecule has 20 heteroatoms. The zero-order valence-electron chi connectivity index (χ0n) is 27.1. The number of amides is 3. The van der Waals surface area contributed by atoms with E-state index in [0.717, 1.165) is 22.2 Å². The summed E-state index contributed by atoms with van der Waals surface area (Å²) in [4.78, 5) is 65.1. The lowest BCUT2D eigenvalue weighted by Gasteiger charge is -2.26. The van der Waals surface area contributed by atoms with Gasteiger partial charge in [0.25, 0.3) is 11.8 Å². The molecule has 1 aromatic carbocycles. The number of halogens is 4. The molecule has 0 radical (unpaired) electrons. The summed E-state index contributed by atoms with van der Waals surface area (Å²) in [7, 11) is 1.54. The molecule has 4 aromatic rings. The topological polar surface area (TPSA) is 183 Å². The van der Waals surface area contributed by atoms with Crippen molar-refractivity contribution in [3.63, 3.8) is 0 Å². The number of aromatic nitrogens is 7. The number of carbonyl (C=O) groups is 3. The zero-order valence-corrected chi connectivity index (χ0v) is 27.8. The second kappa shape index (κ2) is 14.6. The molecule has 2 aliphatic heterocycles. The smallest absolute Gasteiger partial charge is 0.383 e. The molecule has 2 saturated heterocycles. The first kappa shape index (κ1) is 35.7. The minimum Gasteiger partial charge on any atom is -0.383 e. The highest BCUT2D eigenvalue weighted by molar-refractivity contribution is 6.30. The molecule has 6 rings (SSSR count). The number of hydrogen-bond acceptors (Lipinski definition) is 10. The van der Waals surface area contributed by atoms with Crippen molar-refractivity contribution < 1.29 is 37.4 Å². The number of carbonyl (C=O) groups excluding carboxylic acids is 3. The van der Waals surface area contributed by atoms with Gasteiger partial charge < -0.3 is 25.0 Å². The van der Waals surface area contributed by atoms with Gasteiger partial charge in [-0.25, -0.2) is 19.4 Å².